The van der Waals surface area contributed by atoms with E-state index in [2.05, 4.69) is 32.9 Å². The van der Waals surface area contributed by atoms with Crippen LogP contribution >= 0.6 is 23.4 Å². The SMILES string of the molecule is C/C(CCc1ccccc1)=N/NC(=O)CSc1nnc(-c2ccc(Cl)cc2)n1C. The zero-order valence-corrected chi connectivity index (χ0v) is 17.9. The first kappa shape index (κ1) is 21.1. The number of carbonyl (C=O) groups is 1. The van der Waals surface area contributed by atoms with Gasteiger partial charge in [-0.05, 0) is 49.6 Å². The van der Waals surface area contributed by atoms with Gasteiger partial charge in [-0.1, -0.05) is 53.7 Å². The summed E-state index contributed by atoms with van der Waals surface area (Å²) in [6, 6.07) is 17.6. The van der Waals surface area contributed by atoms with E-state index in [1.807, 2.05) is 61.0 Å². The lowest BCUT2D eigenvalue weighted by Crippen LogP contribution is -2.21. The molecule has 0 aliphatic rings. The number of aryl methyl sites for hydroxylation is 1. The maximum absolute atomic E-state index is 12.1. The average Bonchev–Trinajstić information content (AvgIpc) is 3.11. The molecule has 1 amide bonds. The van der Waals surface area contributed by atoms with Gasteiger partial charge in [0.05, 0.1) is 5.75 Å². The number of thioether (sulfide) groups is 1. The highest BCUT2D eigenvalue weighted by atomic mass is 35.5. The van der Waals surface area contributed by atoms with Crippen LogP contribution in [0, 0.1) is 0 Å². The summed E-state index contributed by atoms with van der Waals surface area (Å²) in [5.41, 5.74) is 5.66. The molecule has 0 saturated heterocycles. The van der Waals surface area contributed by atoms with Crippen LogP contribution < -0.4 is 5.43 Å². The lowest BCUT2D eigenvalue weighted by molar-refractivity contribution is -0.118. The fourth-order valence-corrected chi connectivity index (χ4v) is 3.47. The number of hydrogen-bond donors (Lipinski definition) is 1. The van der Waals surface area contributed by atoms with Crippen molar-refractivity contribution in [3.63, 3.8) is 0 Å². The molecule has 3 rings (SSSR count). The van der Waals surface area contributed by atoms with E-state index < -0.39 is 0 Å². The molecule has 0 aliphatic heterocycles. The van der Waals surface area contributed by atoms with Gasteiger partial charge in [0, 0.05) is 23.3 Å². The van der Waals surface area contributed by atoms with E-state index in [4.69, 9.17) is 11.6 Å². The van der Waals surface area contributed by atoms with Crippen molar-refractivity contribution in [1.29, 1.82) is 0 Å². The van der Waals surface area contributed by atoms with Gasteiger partial charge in [-0.2, -0.15) is 5.10 Å². The molecule has 0 atom stereocenters. The van der Waals surface area contributed by atoms with E-state index in [-0.39, 0.29) is 11.7 Å². The van der Waals surface area contributed by atoms with Crippen LogP contribution in [0.15, 0.2) is 64.9 Å². The lowest BCUT2D eigenvalue weighted by atomic mass is 10.1. The Bertz CT molecular complexity index is 986. The summed E-state index contributed by atoms with van der Waals surface area (Å²) in [4.78, 5) is 12.1. The quantitative estimate of drug-likeness (QED) is 0.329. The summed E-state index contributed by atoms with van der Waals surface area (Å²) < 4.78 is 1.86. The first-order chi connectivity index (χ1) is 14.0. The number of hydrogen-bond acceptors (Lipinski definition) is 5. The normalized spacial score (nSPS) is 11.5. The second-order valence-corrected chi connectivity index (χ2v) is 7.91. The summed E-state index contributed by atoms with van der Waals surface area (Å²) in [6.45, 7) is 1.91. The fraction of sp³-hybridized carbons (Fsp3) is 0.238. The average molecular weight is 428 g/mol. The van der Waals surface area contributed by atoms with Crippen molar-refractivity contribution in [2.75, 3.05) is 5.75 Å². The molecule has 0 spiro atoms. The summed E-state index contributed by atoms with van der Waals surface area (Å²) in [5, 5.41) is 13.9. The van der Waals surface area contributed by atoms with E-state index in [1.54, 1.807) is 0 Å². The van der Waals surface area contributed by atoms with E-state index in [0.717, 1.165) is 29.9 Å². The molecule has 0 bridgehead atoms. The maximum atomic E-state index is 12.1. The number of benzene rings is 2. The maximum Gasteiger partial charge on any atom is 0.250 e. The monoisotopic (exact) mass is 427 g/mol. The van der Waals surface area contributed by atoms with Gasteiger partial charge in [-0.25, -0.2) is 5.43 Å². The number of halogens is 1. The Labute approximate surface area is 179 Å². The third kappa shape index (κ3) is 6.17. The molecule has 29 heavy (non-hydrogen) atoms. The fourth-order valence-electron chi connectivity index (χ4n) is 2.64. The van der Waals surface area contributed by atoms with Crippen LogP contribution in [0.2, 0.25) is 5.02 Å². The van der Waals surface area contributed by atoms with E-state index >= 15 is 0 Å². The number of hydrazone groups is 1. The number of carbonyl (C=O) groups excluding carboxylic acids is 1. The molecule has 0 radical (unpaired) electrons. The van der Waals surface area contributed by atoms with Crippen molar-refractivity contribution in [3.05, 3.63) is 65.2 Å². The van der Waals surface area contributed by atoms with Crippen LogP contribution in [0.25, 0.3) is 11.4 Å². The van der Waals surface area contributed by atoms with Gasteiger partial charge in [0.2, 0.25) is 0 Å². The van der Waals surface area contributed by atoms with Gasteiger partial charge in [0.15, 0.2) is 11.0 Å². The molecule has 0 saturated carbocycles. The van der Waals surface area contributed by atoms with Crippen LogP contribution in [-0.4, -0.2) is 32.1 Å². The molecule has 1 N–H and O–H groups in total. The van der Waals surface area contributed by atoms with Crippen molar-refractivity contribution < 1.29 is 4.79 Å². The lowest BCUT2D eigenvalue weighted by Gasteiger charge is -2.05. The topological polar surface area (TPSA) is 72.2 Å². The predicted molar refractivity (Wildman–Crippen MR) is 118 cm³/mol. The number of aromatic nitrogens is 3. The van der Waals surface area contributed by atoms with Crippen LogP contribution in [0.4, 0.5) is 0 Å². The molecule has 0 unspecified atom stereocenters. The van der Waals surface area contributed by atoms with Crippen molar-refractivity contribution >= 4 is 35.0 Å². The van der Waals surface area contributed by atoms with Gasteiger partial charge in [0.25, 0.3) is 5.91 Å². The summed E-state index contributed by atoms with van der Waals surface area (Å²) in [5.74, 6) is 0.756. The van der Waals surface area contributed by atoms with E-state index in [0.29, 0.717) is 10.2 Å². The molecule has 1 aromatic heterocycles. The van der Waals surface area contributed by atoms with Gasteiger partial charge in [-0.3, -0.25) is 4.79 Å². The predicted octanol–water partition coefficient (Wildman–Crippen LogP) is 4.35. The highest BCUT2D eigenvalue weighted by molar-refractivity contribution is 7.99. The number of rotatable bonds is 8. The summed E-state index contributed by atoms with van der Waals surface area (Å²) >= 11 is 7.25. The van der Waals surface area contributed by atoms with Crippen LogP contribution in [0.1, 0.15) is 18.9 Å². The molecular formula is C21H22ClN5OS. The number of amides is 1. The largest absolute Gasteiger partial charge is 0.305 e. The third-order valence-corrected chi connectivity index (χ3v) is 5.53. The molecule has 6 nitrogen and oxygen atoms in total. The van der Waals surface area contributed by atoms with Gasteiger partial charge < -0.3 is 4.57 Å². The Morgan fingerprint density at radius 3 is 2.59 bits per heavy atom. The Hall–Kier alpha value is -2.64. The molecule has 0 fully saturated rings. The third-order valence-electron chi connectivity index (χ3n) is 4.26. The highest BCUT2D eigenvalue weighted by Gasteiger charge is 2.12. The van der Waals surface area contributed by atoms with Crippen molar-refractivity contribution in [3.8, 4) is 11.4 Å². The summed E-state index contributed by atoms with van der Waals surface area (Å²) in [6.07, 6.45) is 1.69. The standard InChI is InChI=1S/C21H22ClN5OS/c1-15(8-9-16-6-4-3-5-7-16)23-24-19(28)14-29-21-26-25-20(27(21)2)17-10-12-18(22)13-11-17/h3-7,10-13H,8-9,14H2,1-2H3,(H,24,28)/b23-15-. The first-order valence-corrected chi connectivity index (χ1v) is 10.5. The molecular weight excluding hydrogens is 406 g/mol. The van der Waals surface area contributed by atoms with Crippen molar-refractivity contribution in [2.45, 2.75) is 24.9 Å². The first-order valence-electron chi connectivity index (χ1n) is 9.17. The second kappa shape index (κ2) is 10.2. The van der Waals surface area contributed by atoms with Crippen LogP contribution in [-0.2, 0) is 18.3 Å². The Morgan fingerprint density at radius 2 is 1.86 bits per heavy atom. The van der Waals surface area contributed by atoms with Crippen molar-refractivity contribution in [1.82, 2.24) is 20.2 Å². The molecule has 1 heterocycles. The highest BCUT2D eigenvalue weighted by Crippen LogP contribution is 2.23. The van der Waals surface area contributed by atoms with Crippen molar-refractivity contribution in [2.24, 2.45) is 12.1 Å². The number of nitrogens with zero attached hydrogens (tertiary/aromatic N) is 4. The van der Waals surface area contributed by atoms with Gasteiger partial charge >= 0.3 is 0 Å². The minimum Gasteiger partial charge on any atom is -0.305 e. The number of nitrogens with one attached hydrogen (secondary N) is 1. The van der Waals surface area contributed by atoms with Gasteiger partial charge in [0.1, 0.15) is 0 Å². The molecule has 3 aromatic rings. The smallest absolute Gasteiger partial charge is 0.250 e. The zero-order valence-electron chi connectivity index (χ0n) is 16.3. The minimum absolute atomic E-state index is 0.176. The van der Waals surface area contributed by atoms with E-state index in [9.17, 15) is 4.79 Å². The molecule has 150 valence electrons. The minimum atomic E-state index is -0.176. The molecule has 8 heteroatoms. The van der Waals surface area contributed by atoms with Crippen LogP contribution in [0.5, 0.6) is 0 Å². The van der Waals surface area contributed by atoms with E-state index in [1.165, 1.54) is 17.3 Å². The molecule has 0 aliphatic carbocycles. The summed E-state index contributed by atoms with van der Waals surface area (Å²) in [7, 11) is 1.87. The molecule has 2 aromatic carbocycles. The Morgan fingerprint density at radius 1 is 1.14 bits per heavy atom. The zero-order chi connectivity index (χ0) is 20.6. The van der Waals surface area contributed by atoms with Crippen LogP contribution in [0.3, 0.4) is 0 Å². The second-order valence-electron chi connectivity index (χ2n) is 6.53. The van der Waals surface area contributed by atoms with Gasteiger partial charge in [-0.15, -0.1) is 10.2 Å². The Kier molecular flexibility index (Phi) is 7.43. The Balaban J connectivity index is 1.48.